The largest absolute Gasteiger partial charge is 0.359 e. The Morgan fingerprint density at radius 1 is 1.40 bits per heavy atom. The topological polar surface area (TPSA) is 46.9 Å². The van der Waals surface area contributed by atoms with Gasteiger partial charge in [-0.05, 0) is 12.8 Å². The van der Waals surface area contributed by atoms with E-state index in [1.54, 1.807) is 13.4 Å². The summed E-state index contributed by atoms with van der Waals surface area (Å²) in [7, 11) is 1.68. The number of aromatic nitrogens is 2. The quantitative estimate of drug-likeness (QED) is 0.688. The third-order valence-corrected chi connectivity index (χ3v) is 2.35. The average Bonchev–Trinajstić information content (AvgIpc) is 2.75. The fourth-order valence-corrected chi connectivity index (χ4v) is 1.43. The van der Waals surface area contributed by atoms with Gasteiger partial charge < -0.3 is 9.88 Å². The minimum Gasteiger partial charge on any atom is -0.359 e. The van der Waals surface area contributed by atoms with Gasteiger partial charge in [-0.2, -0.15) is 0 Å². The highest BCUT2D eigenvalue weighted by molar-refractivity contribution is 5.75. The second kappa shape index (κ2) is 7.04. The standard InChI is InChI=1S/C11H18N3O/c1-12-11(15)6-4-2-3-5-8-14-9-7-13-10-14/h9-10H,2-6,8H2,1H3,(H,12,15). The van der Waals surface area contributed by atoms with Crippen LogP contribution >= 0.6 is 0 Å². The van der Waals surface area contributed by atoms with E-state index in [2.05, 4.69) is 16.5 Å². The first-order chi connectivity index (χ1) is 7.33. The molecule has 1 aromatic heterocycles. The van der Waals surface area contributed by atoms with Gasteiger partial charge >= 0.3 is 0 Å². The molecule has 4 heteroatoms. The van der Waals surface area contributed by atoms with Gasteiger partial charge in [-0.25, -0.2) is 4.98 Å². The van der Waals surface area contributed by atoms with Crippen molar-refractivity contribution >= 4 is 5.91 Å². The van der Waals surface area contributed by atoms with Crippen molar-refractivity contribution in [3.05, 3.63) is 18.7 Å². The van der Waals surface area contributed by atoms with E-state index < -0.39 is 0 Å². The third-order valence-electron chi connectivity index (χ3n) is 2.35. The normalized spacial score (nSPS) is 10.2. The van der Waals surface area contributed by atoms with E-state index in [0.717, 1.165) is 32.2 Å². The predicted molar refractivity (Wildman–Crippen MR) is 58.2 cm³/mol. The molecule has 0 aromatic carbocycles. The van der Waals surface area contributed by atoms with Crippen LogP contribution in [0.4, 0.5) is 0 Å². The summed E-state index contributed by atoms with van der Waals surface area (Å²) in [5.74, 6) is 0.138. The van der Waals surface area contributed by atoms with Gasteiger partial charge in [-0.15, -0.1) is 0 Å². The van der Waals surface area contributed by atoms with Gasteiger partial charge in [0.25, 0.3) is 0 Å². The average molecular weight is 208 g/mol. The molecule has 0 fully saturated rings. The first-order valence-electron chi connectivity index (χ1n) is 5.41. The van der Waals surface area contributed by atoms with E-state index >= 15 is 0 Å². The smallest absolute Gasteiger partial charge is 0.219 e. The highest BCUT2D eigenvalue weighted by Crippen LogP contribution is 2.04. The second-order valence-electron chi connectivity index (χ2n) is 3.58. The number of amides is 1. The Hall–Kier alpha value is -1.32. The van der Waals surface area contributed by atoms with Crippen LogP contribution in [-0.4, -0.2) is 22.5 Å². The fourth-order valence-electron chi connectivity index (χ4n) is 1.43. The number of nitrogens with zero attached hydrogens (tertiary/aromatic N) is 2. The van der Waals surface area contributed by atoms with Crippen molar-refractivity contribution in [1.29, 1.82) is 0 Å². The molecule has 0 unspecified atom stereocenters. The van der Waals surface area contributed by atoms with E-state index in [9.17, 15) is 4.79 Å². The van der Waals surface area contributed by atoms with Crippen LogP contribution in [0.3, 0.4) is 0 Å². The van der Waals surface area contributed by atoms with Crippen molar-refractivity contribution in [1.82, 2.24) is 14.9 Å². The number of imidazole rings is 1. The molecular formula is C11H18N3O. The van der Waals surface area contributed by atoms with Crippen LogP contribution < -0.4 is 5.32 Å². The van der Waals surface area contributed by atoms with Crippen LogP contribution in [0, 0.1) is 6.20 Å². The lowest BCUT2D eigenvalue weighted by atomic mass is 10.1. The van der Waals surface area contributed by atoms with Crippen molar-refractivity contribution in [3.8, 4) is 0 Å². The van der Waals surface area contributed by atoms with Crippen molar-refractivity contribution in [3.63, 3.8) is 0 Å². The second-order valence-corrected chi connectivity index (χ2v) is 3.58. The Morgan fingerprint density at radius 2 is 2.20 bits per heavy atom. The number of carbonyl (C=O) groups excluding carboxylic acids is 1. The Kier molecular flexibility index (Phi) is 5.51. The van der Waals surface area contributed by atoms with Gasteiger partial charge in [-0.3, -0.25) is 4.79 Å². The lowest BCUT2D eigenvalue weighted by molar-refractivity contribution is -0.120. The SMILES string of the molecule is CNC(=O)CCCCCCn1c[c]nc1. The number of nitrogens with one attached hydrogen (secondary N) is 1. The summed E-state index contributed by atoms with van der Waals surface area (Å²) in [6.45, 7) is 0.997. The number of hydrogen-bond donors (Lipinski definition) is 1. The third kappa shape index (κ3) is 5.20. The number of carbonyl (C=O) groups is 1. The molecule has 1 heterocycles. The highest BCUT2D eigenvalue weighted by Gasteiger charge is 1.97. The van der Waals surface area contributed by atoms with Crippen LogP contribution in [-0.2, 0) is 11.3 Å². The van der Waals surface area contributed by atoms with Crippen LogP contribution in [0.1, 0.15) is 32.1 Å². The molecule has 15 heavy (non-hydrogen) atoms. The molecule has 4 nitrogen and oxygen atoms in total. The highest BCUT2D eigenvalue weighted by atomic mass is 16.1. The van der Waals surface area contributed by atoms with Gasteiger partial charge in [0.2, 0.25) is 5.91 Å². The predicted octanol–water partition coefficient (Wildman–Crippen LogP) is 1.38. The number of rotatable bonds is 7. The van der Waals surface area contributed by atoms with Gasteiger partial charge in [0.15, 0.2) is 0 Å². The molecule has 0 spiro atoms. The number of hydrogen-bond acceptors (Lipinski definition) is 2. The molecule has 1 radical (unpaired) electrons. The summed E-state index contributed by atoms with van der Waals surface area (Å²) >= 11 is 0. The van der Waals surface area contributed by atoms with Gasteiger partial charge in [0.1, 0.15) is 6.20 Å². The summed E-state index contributed by atoms with van der Waals surface area (Å²) in [5, 5.41) is 2.62. The van der Waals surface area contributed by atoms with Gasteiger partial charge in [0, 0.05) is 26.2 Å². The molecule has 0 aliphatic carbocycles. The Labute approximate surface area is 90.7 Å². The Bertz CT molecular complexity index is 269. The minimum absolute atomic E-state index is 0.138. The van der Waals surface area contributed by atoms with E-state index in [4.69, 9.17) is 0 Å². The van der Waals surface area contributed by atoms with Gasteiger partial charge in [-0.1, -0.05) is 12.8 Å². The summed E-state index contributed by atoms with van der Waals surface area (Å²) in [4.78, 5) is 14.8. The first kappa shape index (κ1) is 11.8. The van der Waals surface area contributed by atoms with Gasteiger partial charge in [0.05, 0.1) is 6.33 Å². The molecule has 0 saturated heterocycles. The molecule has 83 valence electrons. The number of unbranched alkanes of at least 4 members (excludes halogenated alkanes) is 3. The van der Waals surface area contributed by atoms with E-state index in [-0.39, 0.29) is 5.91 Å². The van der Waals surface area contributed by atoms with Crippen molar-refractivity contribution < 1.29 is 4.79 Å². The molecule has 1 amide bonds. The summed E-state index contributed by atoms with van der Waals surface area (Å²) < 4.78 is 2.03. The molecular weight excluding hydrogens is 190 g/mol. The minimum atomic E-state index is 0.138. The summed E-state index contributed by atoms with van der Waals surface area (Å²) in [5.41, 5.74) is 0. The summed E-state index contributed by atoms with van der Waals surface area (Å²) in [6, 6.07) is 0. The van der Waals surface area contributed by atoms with Crippen molar-refractivity contribution in [2.45, 2.75) is 38.6 Å². The van der Waals surface area contributed by atoms with E-state index in [1.807, 2.05) is 10.8 Å². The van der Waals surface area contributed by atoms with Crippen molar-refractivity contribution in [2.75, 3.05) is 7.05 Å². The maximum absolute atomic E-state index is 10.9. The van der Waals surface area contributed by atoms with Crippen LogP contribution in [0.25, 0.3) is 0 Å². The van der Waals surface area contributed by atoms with Crippen molar-refractivity contribution in [2.24, 2.45) is 0 Å². The maximum Gasteiger partial charge on any atom is 0.219 e. The monoisotopic (exact) mass is 208 g/mol. The molecule has 1 N–H and O–H groups in total. The molecule has 0 saturated carbocycles. The van der Waals surface area contributed by atoms with Crippen LogP contribution in [0.2, 0.25) is 0 Å². The lowest BCUT2D eigenvalue weighted by Crippen LogP contribution is -2.16. The zero-order valence-electron chi connectivity index (χ0n) is 9.20. The molecule has 0 aliphatic rings. The maximum atomic E-state index is 10.9. The van der Waals surface area contributed by atoms with E-state index in [0.29, 0.717) is 6.42 Å². The van der Waals surface area contributed by atoms with Crippen LogP contribution in [0.15, 0.2) is 12.5 Å². The molecule has 0 aliphatic heterocycles. The van der Waals surface area contributed by atoms with Crippen LogP contribution in [0.5, 0.6) is 0 Å². The summed E-state index contributed by atoms with van der Waals surface area (Å²) in [6.07, 6.45) is 11.4. The molecule has 1 rings (SSSR count). The van der Waals surface area contributed by atoms with E-state index in [1.165, 1.54) is 0 Å². The molecule has 0 bridgehead atoms. The fraction of sp³-hybridized carbons (Fsp3) is 0.636. The molecule has 1 aromatic rings. The lowest BCUT2D eigenvalue weighted by Gasteiger charge is -2.02. The Morgan fingerprint density at radius 3 is 2.87 bits per heavy atom. The number of aryl methyl sites for hydroxylation is 1. The first-order valence-corrected chi connectivity index (χ1v) is 5.41. The zero-order valence-corrected chi connectivity index (χ0v) is 9.20. The Balaban J connectivity index is 1.91. The molecule has 0 atom stereocenters. The zero-order chi connectivity index (χ0) is 10.9.